The molecule has 0 heterocycles. The highest BCUT2D eigenvalue weighted by atomic mass is 31.2. The molecule has 0 bridgehead atoms. The molecule has 0 saturated heterocycles. The summed E-state index contributed by atoms with van der Waals surface area (Å²) in [4.78, 5) is 72.5. The summed E-state index contributed by atoms with van der Waals surface area (Å²) in [5, 5.41) is 10.6. The van der Waals surface area contributed by atoms with E-state index in [1.54, 1.807) is 0 Å². The Hall–Kier alpha value is -1.94. The van der Waals surface area contributed by atoms with Crippen LogP contribution in [0.15, 0.2) is 0 Å². The molecule has 0 aromatic rings. The molecule has 0 fully saturated rings. The Labute approximate surface area is 556 Å². The molecule has 0 saturated carbocycles. The molecule has 0 aromatic heterocycles. The molecule has 0 aliphatic heterocycles. The van der Waals surface area contributed by atoms with Crippen LogP contribution >= 0.6 is 15.6 Å². The third kappa shape index (κ3) is 66.5. The second kappa shape index (κ2) is 64.1. The molecule has 540 valence electrons. The number of aliphatic hydroxyl groups excluding tert-OH is 1. The van der Waals surface area contributed by atoms with Crippen LogP contribution in [-0.4, -0.2) is 96.7 Å². The summed E-state index contributed by atoms with van der Waals surface area (Å²) < 4.78 is 68.2. The molecule has 3 N–H and O–H groups in total. The standard InChI is InChI=1S/C72H140O17P2/c1-7-9-11-13-15-16-31-38-44-50-56-71(76)88-67(60-82-69(74)54-48-42-34-14-12-10-8-2)62-86-90(78,79)84-58-66(73)59-85-91(80,81)87-63-68(89-72(77)57-51-45-39-33-28-24-20-18-22-26-30-36-41-47-53-65(5)6)61-83-70(75)55-49-43-37-32-27-23-19-17-21-25-29-35-40-46-52-64(3)4/h64-68,73H,7-63H2,1-6H3,(H,78,79)(H,80,81)/t66-,67+,68+/m0/s1. The summed E-state index contributed by atoms with van der Waals surface area (Å²) >= 11 is 0. The fourth-order valence-corrected chi connectivity index (χ4v) is 12.5. The first kappa shape index (κ1) is 89.1. The predicted molar refractivity (Wildman–Crippen MR) is 368 cm³/mol. The van der Waals surface area contributed by atoms with Crippen LogP contribution in [0.5, 0.6) is 0 Å². The molecule has 0 aromatic carbocycles. The van der Waals surface area contributed by atoms with Crippen molar-refractivity contribution in [3.05, 3.63) is 0 Å². The van der Waals surface area contributed by atoms with E-state index in [4.69, 9.17) is 37.0 Å². The van der Waals surface area contributed by atoms with Gasteiger partial charge in [-0.05, 0) is 37.5 Å². The van der Waals surface area contributed by atoms with Crippen molar-refractivity contribution >= 4 is 39.5 Å². The van der Waals surface area contributed by atoms with Crippen molar-refractivity contribution in [2.24, 2.45) is 11.8 Å². The first-order valence-corrected chi connectivity index (χ1v) is 40.5. The van der Waals surface area contributed by atoms with E-state index in [-0.39, 0.29) is 25.7 Å². The fraction of sp³-hybridized carbons (Fsp3) is 0.944. The maximum absolute atomic E-state index is 13.0. The van der Waals surface area contributed by atoms with Crippen molar-refractivity contribution in [1.82, 2.24) is 0 Å². The molecule has 0 amide bonds. The number of unbranched alkanes of at least 4 members (excludes halogenated alkanes) is 41. The minimum atomic E-state index is -4.95. The van der Waals surface area contributed by atoms with Gasteiger partial charge in [-0.3, -0.25) is 37.3 Å². The van der Waals surface area contributed by atoms with E-state index in [0.29, 0.717) is 25.7 Å². The number of ether oxygens (including phenoxy) is 4. The molecule has 5 atom stereocenters. The van der Waals surface area contributed by atoms with Gasteiger partial charge < -0.3 is 33.8 Å². The molecule has 0 spiro atoms. The largest absolute Gasteiger partial charge is 0.472 e. The van der Waals surface area contributed by atoms with Gasteiger partial charge in [0.05, 0.1) is 26.4 Å². The zero-order valence-corrected chi connectivity index (χ0v) is 60.9. The highest BCUT2D eigenvalue weighted by Crippen LogP contribution is 2.45. The SMILES string of the molecule is CCCCCCCCCCCCC(=O)O[C@H](COC(=O)CCCCCCCCC)COP(=O)(O)OC[C@H](O)COP(=O)(O)OC[C@@H](COC(=O)CCCCCCCCCCCCCCCCC(C)C)OC(=O)CCCCCCCCCCCCCCCCC(C)C. The molecular formula is C72H140O17P2. The van der Waals surface area contributed by atoms with Gasteiger partial charge in [-0.2, -0.15) is 0 Å². The highest BCUT2D eigenvalue weighted by Gasteiger charge is 2.30. The lowest BCUT2D eigenvalue weighted by molar-refractivity contribution is -0.161. The van der Waals surface area contributed by atoms with Gasteiger partial charge in [0.25, 0.3) is 0 Å². The average Bonchev–Trinajstić information content (AvgIpc) is 3.72. The Morgan fingerprint density at radius 1 is 0.297 bits per heavy atom. The van der Waals surface area contributed by atoms with Crippen LogP contribution in [-0.2, 0) is 65.4 Å². The summed E-state index contributed by atoms with van der Waals surface area (Å²) in [6.45, 7) is 9.56. The summed E-state index contributed by atoms with van der Waals surface area (Å²) in [6.07, 6.45) is 50.1. The van der Waals surface area contributed by atoms with Crippen LogP contribution in [0.1, 0.15) is 369 Å². The fourth-order valence-electron chi connectivity index (χ4n) is 10.9. The zero-order valence-electron chi connectivity index (χ0n) is 59.1. The molecule has 0 aliphatic carbocycles. The number of hydrogen-bond acceptors (Lipinski definition) is 15. The molecule has 17 nitrogen and oxygen atoms in total. The summed E-state index contributed by atoms with van der Waals surface area (Å²) in [6, 6.07) is 0. The Balaban J connectivity index is 5.18. The second-order valence-corrected chi connectivity index (χ2v) is 29.8. The van der Waals surface area contributed by atoms with Gasteiger partial charge in [0.2, 0.25) is 0 Å². The van der Waals surface area contributed by atoms with Gasteiger partial charge in [0.15, 0.2) is 12.2 Å². The minimum absolute atomic E-state index is 0.106. The third-order valence-electron chi connectivity index (χ3n) is 16.7. The number of aliphatic hydroxyl groups is 1. The van der Waals surface area contributed by atoms with Crippen LogP contribution < -0.4 is 0 Å². The minimum Gasteiger partial charge on any atom is -0.462 e. The van der Waals surface area contributed by atoms with E-state index >= 15 is 0 Å². The van der Waals surface area contributed by atoms with Crippen molar-refractivity contribution in [2.75, 3.05) is 39.6 Å². The highest BCUT2D eigenvalue weighted by molar-refractivity contribution is 7.47. The zero-order chi connectivity index (χ0) is 67.2. The maximum atomic E-state index is 13.0. The average molecular weight is 1340 g/mol. The van der Waals surface area contributed by atoms with Gasteiger partial charge >= 0.3 is 39.5 Å². The Morgan fingerprint density at radius 2 is 0.505 bits per heavy atom. The second-order valence-electron chi connectivity index (χ2n) is 26.9. The molecule has 0 rings (SSSR count). The molecular weight excluding hydrogens is 1200 g/mol. The van der Waals surface area contributed by atoms with E-state index in [9.17, 15) is 43.2 Å². The smallest absolute Gasteiger partial charge is 0.462 e. The summed E-state index contributed by atoms with van der Waals surface area (Å²) in [5.74, 6) is -0.531. The van der Waals surface area contributed by atoms with Crippen LogP contribution in [0.25, 0.3) is 0 Å². The number of phosphoric acid groups is 2. The summed E-state index contributed by atoms with van der Waals surface area (Å²) in [5.41, 5.74) is 0. The monoisotopic (exact) mass is 1340 g/mol. The van der Waals surface area contributed by atoms with Crippen molar-refractivity contribution < 1.29 is 80.2 Å². The number of hydrogen-bond donors (Lipinski definition) is 3. The topological polar surface area (TPSA) is 237 Å². The van der Waals surface area contributed by atoms with E-state index in [1.165, 1.54) is 173 Å². The Bertz CT molecular complexity index is 1770. The maximum Gasteiger partial charge on any atom is 0.472 e. The van der Waals surface area contributed by atoms with Gasteiger partial charge in [-0.15, -0.1) is 0 Å². The number of carbonyl (C=O) groups excluding carboxylic acids is 4. The lowest BCUT2D eigenvalue weighted by Crippen LogP contribution is -2.30. The molecule has 0 aliphatic rings. The van der Waals surface area contributed by atoms with E-state index in [0.717, 1.165) is 115 Å². The van der Waals surface area contributed by atoms with Crippen molar-refractivity contribution in [2.45, 2.75) is 387 Å². The van der Waals surface area contributed by atoms with Gasteiger partial charge in [-0.1, -0.05) is 318 Å². The van der Waals surface area contributed by atoms with Crippen LogP contribution in [0, 0.1) is 11.8 Å². The van der Waals surface area contributed by atoms with E-state index < -0.39 is 97.5 Å². The lowest BCUT2D eigenvalue weighted by Gasteiger charge is -2.21. The predicted octanol–water partition coefficient (Wildman–Crippen LogP) is 20.8. The third-order valence-corrected chi connectivity index (χ3v) is 18.6. The normalized spacial score (nSPS) is 14.1. The van der Waals surface area contributed by atoms with Gasteiger partial charge in [0, 0.05) is 25.7 Å². The molecule has 19 heteroatoms. The van der Waals surface area contributed by atoms with E-state index in [1.807, 2.05) is 0 Å². The van der Waals surface area contributed by atoms with Crippen molar-refractivity contribution in [3.8, 4) is 0 Å². The molecule has 0 radical (unpaired) electrons. The van der Waals surface area contributed by atoms with Crippen LogP contribution in [0.4, 0.5) is 0 Å². The lowest BCUT2D eigenvalue weighted by atomic mass is 10.0. The first-order chi connectivity index (χ1) is 43.9. The van der Waals surface area contributed by atoms with Crippen molar-refractivity contribution in [1.29, 1.82) is 0 Å². The first-order valence-electron chi connectivity index (χ1n) is 37.5. The number of rotatable bonds is 71. The van der Waals surface area contributed by atoms with Crippen LogP contribution in [0.3, 0.4) is 0 Å². The number of esters is 4. The summed E-state index contributed by atoms with van der Waals surface area (Å²) in [7, 11) is -9.90. The van der Waals surface area contributed by atoms with E-state index in [2.05, 4.69) is 41.5 Å². The number of phosphoric ester groups is 2. The molecule has 91 heavy (non-hydrogen) atoms. The van der Waals surface area contributed by atoms with Crippen molar-refractivity contribution in [3.63, 3.8) is 0 Å². The number of carbonyl (C=O) groups is 4. The molecule has 2 unspecified atom stereocenters. The quantitative estimate of drug-likeness (QED) is 0.0222. The Kier molecular flexibility index (Phi) is 62.7. The van der Waals surface area contributed by atoms with Crippen LogP contribution in [0.2, 0.25) is 0 Å². The Morgan fingerprint density at radius 3 is 0.747 bits per heavy atom. The van der Waals surface area contributed by atoms with Gasteiger partial charge in [-0.25, -0.2) is 9.13 Å². The van der Waals surface area contributed by atoms with Gasteiger partial charge in [0.1, 0.15) is 19.3 Å².